The van der Waals surface area contributed by atoms with Crippen LogP contribution < -0.4 is 10.6 Å². The molecule has 1 saturated heterocycles. The maximum Gasteiger partial charge on any atom is 0.404 e. The van der Waals surface area contributed by atoms with Crippen molar-refractivity contribution in [3.63, 3.8) is 0 Å². The molecule has 2 aromatic rings. The van der Waals surface area contributed by atoms with Gasteiger partial charge in [0.25, 0.3) is 0 Å². The van der Waals surface area contributed by atoms with E-state index >= 15 is 0 Å². The van der Waals surface area contributed by atoms with Crippen molar-refractivity contribution in [3.05, 3.63) is 16.7 Å². The number of hydrogen-bond acceptors (Lipinski definition) is 6. The molecule has 106 valence electrons. The highest BCUT2D eigenvalue weighted by molar-refractivity contribution is 7.18. The van der Waals surface area contributed by atoms with E-state index in [4.69, 9.17) is 22.1 Å². The van der Waals surface area contributed by atoms with E-state index in [1.54, 1.807) is 11.3 Å². The van der Waals surface area contributed by atoms with Crippen molar-refractivity contribution in [2.45, 2.75) is 18.9 Å². The van der Waals surface area contributed by atoms with Gasteiger partial charge in [0.05, 0.1) is 9.72 Å². The van der Waals surface area contributed by atoms with Gasteiger partial charge in [0.15, 0.2) is 0 Å². The van der Waals surface area contributed by atoms with Gasteiger partial charge in [-0.15, -0.1) is 11.3 Å². The number of fused-ring (bicyclic) bond motifs is 1. The van der Waals surface area contributed by atoms with Gasteiger partial charge in [0, 0.05) is 31.3 Å². The van der Waals surface area contributed by atoms with Crippen LogP contribution >= 0.6 is 22.9 Å². The van der Waals surface area contributed by atoms with Crippen LogP contribution in [0, 0.1) is 0 Å². The summed E-state index contributed by atoms with van der Waals surface area (Å²) in [6.07, 6.45) is 2.20. The van der Waals surface area contributed by atoms with Crippen molar-refractivity contribution in [3.8, 4) is 0 Å². The molecule has 0 saturated carbocycles. The fourth-order valence-electron chi connectivity index (χ4n) is 2.38. The van der Waals surface area contributed by atoms with Crippen LogP contribution in [0.25, 0.3) is 10.2 Å². The number of halogens is 1. The molecule has 0 aliphatic carbocycles. The molecule has 1 fully saturated rings. The van der Waals surface area contributed by atoms with Crippen LogP contribution in [0.4, 0.5) is 10.6 Å². The fourth-order valence-corrected chi connectivity index (χ4v) is 3.61. The highest BCUT2D eigenvalue weighted by atomic mass is 35.5. The van der Waals surface area contributed by atoms with Gasteiger partial charge in [0.1, 0.15) is 23.8 Å². The molecule has 0 aromatic carbocycles. The first-order chi connectivity index (χ1) is 9.65. The number of thiophene rings is 1. The second-order valence-electron chi connectivity index (χ2n) is 4.58. The van der Waals surface area contributed by atoms with Crippen LogP contribution in [-0.4, -0.2) is 35.3 Å². The molecule has 6 nitrogen and oxygen atoms in total. The number of nitrogens with two attached hydrogens (primary N) is 1. The second-order valence-corrected chi connectivity index (χ2v) is 5.87. The number of carbonyl (C=O) groups is 1. The minimum absolute atomic E-state index is 0.104. The molecule has 0 atom stereocenters. The van der Waals surface area contributed by atoms with E-state index in [0.29, 0.717) is 5.02 Å². The number of carbonyl (C=O) groups excluding carboxylic acids is 1. The Kier molecular flexibility index (Phi) is 3.62. The van der Waals surface area contributed by atoms with E-state index < -0.39 is 6.09 Å². The molecule has 2 aromatic heterocycles. The maximum absolute atomic E-state index is 10.7. The molecule has 0 unspecified atom stereocenters. The summed E-state index contributed by atoms with van der Waals surface area (Å²) in [5.74, 6) is 0.893. The van der Waals surface area contributed by atoms with Crippen LogP contribution in [0.5, 0.6) is 0 Å². The molecule has 1 amide bonds. The number of aromatic nitrogens is 2. The fraction of sp³-hybridized carbons (Fsp3) is 0.417. The van der Waals surface area contributed by atoms with E-state index in [-0.39, 0.29) is 6.10 Å². The van der Waals surface area contributed by atoms with Gasteiger partial charge in [-0.1, -0.05) is 11.6 Å². The Labute approximate surface area is 124 Å². The zero-order valence-electron chi connectivity index (χ0n) is 10.6. The molecule has 20 heavy (non-hydrogen) atoms. The van der Waals surface area contributed by atoms with E-state index in [1.807, 2.05) is 5.38 Å². The molecule has 1 aliphatic rings. The summed E-state index contributed by atoms with van der Waals surface area (Å²) in [6.45, 7) is 1.53. The number of primary amides is 1. The standard InChI is InChI=1S/C12H13ClN4O2S/c13-8-5-20-10-9(8)15-6-16-11(10)17-3-1-7(2-4-17)19-12(14)18/h5-7H,1-4H2,(H2,14,18). The predicted molar refractivity (Wildman–Crippen MR) is 78.3 cm³/mol. The summed E-state index contributed by atoms with van der Waals surface area (Å²) in [4.78, 5) is 21.5. The molecule has 0 spiro atoms. The largest absolute Gasteiger partial charge is 0.446 e. The van der Waals surface area contributed by atoms with Crippen molar-refractivity contribution < 1.29 is 9.53 Å². The van der Waals surface area contributed by atoms with E-state index in [0.717, 1.165) is 42.0 Å². The summed E-state index contributed by atoms with van der Waals surface area (Å²) >= 11 is 7.64. The molecule has 1 aliphatic heterocycles. The Morgan fingerprint density at radius 2 is 2.20 bits per heavy atom. The Hall–Kier alpha value is -1.60. The van der Waals surface area contributed by atoms with Crippen LogP contribution in [0.2, 0.25) is 5.02 Å². The lowest BCUT2D eigenvalue weighted by molar-refractivity contribution is 0.0912. The summed E-state index contributed by atoms with van der Waals surface area (Å²) in [6, 6.07) is 0. The number of piperidine rings is 1. The Bertz CT molecular complexity index is 639. The summed E-state index contributed by atoms with van der Waals surface area (Å²) in [5.41, 5.74) is 5.83. The normalized spacial score (nSPS) is 16.6. The Balaban J connectivity index is 1.78. The highest BCUT2D eigenvalue weighted by Crippen LogP contribution is 2.34. The third-order valence-corrected chi connectivity index (χ3v) is 4.70. The Morgan fingerprint density at radius 3 is 2.90 bits per heavy atom. The number of nitrogens with zero attached hydrogens (tertiary/aromatic N) is 3. The van der Waals surface area contributed by atoms with Crippen LogP contribution in [0.1, 0.15) is 12.8 Å². The number of ether oxygens (including phenoxy) is 1. The van der Waals surface area contributed by atoms with Gasteiger partial charge in [0.2, 0.25) is 0 Å². The second kappa shape index (κ2) is 5.41. The highest BCUT2D eigenvalue weighted by Gasteiger charge is 2.24. The quantitative estimate of drug-likeness (QED) is 0.921. The average molecular weight is 313 g/mol. The molecular weight excluding hydrogens is 300 g/mol. The van der Waals surface area contributed by atoms with Gasteiger partial charge in [-0.2, -0.15) is 0 Å². The van der Waals surface area contributed by atoms with E-state index in [9.17, 15) is 4.79 Å². The first-order valence-electron chi connectivity index (χ1n) is 6.24. The summed E-state index contributed by atoms with van der Waals surface area (Å²) in [5, 5.41) is 2.52. The maximum atomic E-state index is 10.7. The van der Waals surface area contributed by atoms with Crippen molar-refractivity contribution >= 4 is 45.1 Å². The third-order valence-electron chi connectivity index (χ3n) is 3.32. The van der Waals surface area contributed by atoms with Crippen LogP contribution in [0.15, 0.2) is 11.7 Å². The zero-order valence-corrected chi connectivity index (χ0v) is 12.2. The number of rotatable bonds is 2. The number of hydrogen-bond donors (Lipinski definition) is 1. The molecule has 8 heteroatoms. The lowest BCUT2D eigenvalue weighted by Crippen LogP contribution is -2.39. The molecule has 3 heterocycles. The molecule has 0 bridgehead atoms. The SMILES string of the molecule is NC(=O)OC1CCN(c2ncnc3c(Cl)csc23)CC1. The number of anilines is 1. The minimum atomic E-state index is -0.710. The van der Waals surface area contributed by atoms with Gasteiger partial charge in [-0.3, -0.25) is 0 Å². The third kappa shape index (κ3) is 2.51. The van der Waals surface area contributed by atoms with Gasteiger partial charge >= 0.3 is 6.09 Å². The number of amides is 1. The van der Waals surface area contributed by atoms with E-state index in [2.05, 4.69) is 14.9 Å². The molecule has 0 radical (unpaired) electrons. The first-order valence-corrected chi connectivity index (χ1v) is 7.49. The zero-order chi connectivity index (χ0) is 14.1. The summed E-state index contributed by atoms with van der Waals surface area (Å²) < 4.78 is 6.02. The Morgan fingerprint density at radius 1 is 1.45 bits per heavy atom. The van der Waals surface area contributed by atoms with Crippen molar-refractivity contribution in [1.29, 1.82) is 0 Å². The predicted octanol–water partition coefficient (Wildman–Crippen LogP) is 2.41. The smallest absolute Gasteiger partial charge is 0.404 e. The van der Waals surface area contributed by atoms with Gasteiger partial charge in [-0.05, 0) is 0 Å². The minimum Gasteiger partial charge on any atom is -0.446 e. The first kappa shape index (κ1) is 13.4. The monoisotopic (exact) mass is 312 g/mol. The molecule has 2 N–H and O–H groups in total. The van der Waals surface area contributed by atoms with Crippen molar-refractivity contribution in [2.24, 2.45) is 5.73 Å². The average Bonchev–Trinajstić information content (AvgIpc) is 2.81. The van der Waals surface area contributed by atoms with Crippen LogP contribution in [-0.2, 0) is 4.74 Å². The molecule has 3 rings (SSSR count). The van der Waals surface area contributed by atoms with Gasteiger partial charge in [-0.25, -0.2) is 14.8 Å². The lowest BCUT2D eigenvalue weighted by atomic mass is 10.1. The van der Waals surface area contributed by atoms with E-state index in [1.165, 1.54) is 6.33 Å². The van der Waals surface area contributed by atoms with Gasteiger partial charge < -0.3 is 15.4 Å². The molecular formula is C12H13ClN4O2S. The van der Waals surface area contributed by atoms with Crippen molar-refractivity contribution in [1.82, 2.24) is 9.97 Å². The lowest BCUT2D eigenvalue weighted by Gasteiger charge is -2.32. The summed E-state index contributed by atoms with van der Waals surface area (Å²) in [7, 11) is 0. The topological polar surface area (TPSA) is 81.3 Å². The van der Waals surface area contributed by atoms with Crippen molar-refractivity contribution in [2.75, 3.05) is 18.0 Å². The van der Waals surface area contributed by atoms with Crippen LogP contribution in [0.3, 0.4) is 0 Å².